The molecular formula is C13H20ClN3O2. The second kappa shape index (κ2) is 6.21. The third-order valence-electron chi connectivity index (χ3n) is 3.03. The molecule has 6 heteroatoms. The monoisotopic (exact) mass is 285 g/mol. The van der Waals surface area contributed by atoms with Gasteiger partial charge in [0.2, 0.25) is 0 Å². The van der Waals surface area contributed by atoms with E-state index in [1.54, 1.807) is 6.07 Å². The van der Waals surface area contributed by atoms with Gasteiger partial charge in [-0.2, -0.15) is 0 Å². The van der Waals surface area contributed by atoms with Crippen LogP contribution in [0.4, 0.5) is 11.4 Å². The van der Waals surface area contributed by atoms with Gasteiger partial charge in [0, 0.05) is 24.2 Å². The second-order valence-corrected chi connectivity index (χ2v) is 5.71. The van der Waals surface area contributed by atoms with Gasteiger partial charge in [0.25, 0.3) is 5.69 Å². The molecule has 19 heavy (non-hydrogen) atoms. The number of halogens is 1. The summed E-state index contributed by atoms with van der Waals surface area (Å²) in [6.45, 7) is 7.83. The zero-order valence-electron chi connectivity index (χ0n) is 11.5. The Balaban J connectivity index is 3.17. The SMILES string of the molecule is CCN(CC(C)(C)CN)c1cc(Cl)ccc1[N+](=O)[O-]. The molecule has 0 aliphatic heterocycles. The molecule has 0 aliphatic rings. The summed E-state index contributed by atoms with van der Waals surface area (Å²) in [6, 6.07) is 4.61. The van der Waals surface area contributed by atoms with Gasteiger partial charge in [-0.15, -0.1) is 0 Å². The van der Waals surface area contributed by atoms with Crippen molar-refractivity contribution >= 4 is 23.0 Å². The maximum absolute atomic E-state index is 11.1. The Kier molecular flexibility index (Phi) is 5.14. The van der Waals surface area contributed by atoms with Crippen LogP contribution in [0.1, 0.15) is 20.8 Å². The molecule has 0 saturated heterocycles. The molecule has 0 spiro atoms. The minimum absolute atomic E-state index is 0.0686. The predicted octanol–water partition coefficient (Wildman–Crippen LogP) is 3.06. The third-order valence-corrected chi connectivity index (χ3v) is 3.26. The molecule has 0 amide bonds. The van der Waals surface area contributed by atoms with E-state index < -0.39 is 0 Å². The van der Waals surface area contributed by atoms with Gasteiger partial charge >= 0.3 is 0 Å². The number of benzene rings is 1. The Morgan fingerprint density at radius 2 is 2.11 bits per heavy atom. The molecule has 5 nitrogen and oxygen atoms in total. The van der Waals surface area contributed by atoms with Crippen LogP contribution in [0, 0.1) is 15.5 Å². The molecule has 0 atom stereocenters. The molecule has 0 unspecified atom stereocenters. The first kappa shape index (κ1) is 15.7. The summed E-state index contributed by atoms with van der Waals surface area (Å²) < 4.78 is 0. The molecule has 0 fully saturated rings. The molecule has 0 bridgehead atoms. The molecule has 1 rings (SSSR count). The van der Waals surface area contributed by atoms with Crippen molar-refractivity contribution in [3.05, 3.63) is 33.3 Å². The number of nitro benzene ring substituents is 1. The minimum Gasteiger partial charge on any atom is -0.366 e. The van der Waals surface area contributed by atoms with E-state index in [1.807, 2.05) is 25.7 Å². The van der Waals surface area contributed by atoms with Gasteiger partial charge in [-0.05, 0) is 31.0 Å². The zero-order valence-corrected chi connectivity index (χ0v) is 12.3. The maximum Gasteiger partial charge on any atom is 0.292 e. The van der Waals surface area contributed by atoms with Gasteiger partial charge in [0.15, 0.2) is 0 Å². The number of hydrogen-bond acceptors (Lipinski definition) is 4. The van der Waals surface area contributed by atoms with Gasteiger partial charge in [0.1, 0.15) is 5.69 Å². The lowest BCUT2D eigenvalue weighted by atomic mass is 9.93. The molecule has 1 aromatic carbocycles. The van der Waals surface area contributed by atoms with E-state index in [0.29, 0.717) is 30.3 Å². The highest BCUT2D eigenvalue weighted by Gasteiger charge is 2.24. The number of rotatable bonds is 6. The fraction of sp³-hybridized carbons (Fsp3) is 0.538. The van der Waals surface area contributed by atoms with Crippen LogP contribution in [0.25, 0.3) is 0 Å². The van der Waals surface area contributed by atoms with Crippen LogP contribution < -0.4 is 10.6 Å². The number of nitrogens with zero attached hydrogens (tertiary/aromatic N) is 2. The number of hydrogen-bond donors (Lipinski definition) is 1. The zero-order chi connectivity index (χ0) is 14.6. The van der Waals surface area contributed by atoms with Crippen molar-refractivity contribution in [1.29, 1.82) is 0 Å². The quantitative estimate of drug-likeness (QED) is 0.644. The summed E-state index contributed by atoms with van der Waals surface area (Å²) in [5.74, 6) is 0. The lowest BCUT2D eigenvalue weighted by molar-refractivity contribution is -0.384. The van der Waals surface area contributed by atoms with Crippen LogP contribution in [0.3, 0.4) is 0 Å². The Hall–Kier alpha value is -1.33. The molecule has 0 aromatic heterocycles. The summed E-state index contributed by atoms with van der Waals surface area (Å²) >= 11 is 5.95. The third kappa shape index (κ3) is 4.08. The van der Waals surface area contributed by atoms with E-state index in [2.05, 4.69) is 0 Å². The highest BCUT2D eigenvalue weighted by molar-refractivity contribution is 6.31. The van der Waals surface area contributed by atoms with Crippen molar-refractivity contribution in [3.8, 4) is 0 Å². The van der Waals surface area contributed by atoms with Crippen LogP contribution in [0.5, 0.6) is 0 Å². The van der Waals surface area contributed by atoms with E-state index in [-0.39, 0.29) is 16.0 Å². The minimum atomic E-state index is -0.385. The second-order valence-electron chi connectivity index (χ2n) is 5.27. The molecule has 0 heterocycles. The maximum atomic E-state index is 11.1. The van der Waals surface area contributed by atoms with Crippen LogP contribution in [-0.2, 0) is 0 Å². The topological polar surface area (TPSA) is 72.4 Å². The fourth-order valence-electron chi connectivity index (χ4n) is 1.85. The highest BCUT2D eigenvalue weighted by Crippen LogP contribution is 2.32. The van der Waals surface area contributed by atoms with Crippen molar-refractivity contribution in [1.82, 2.24) is 0 Å². The Labute approximate surface area is 118 Å². The predicted molar refractivity (Wildman–Crippen MR) is 78.8 cm³/mol. The lowest BCUT2D eigenvalue weighted by Gasteiger charge is -2.32. The molecular weight excluding hydrogens is 266 g/mol. The van der Waals surface area contributed by atoms with Crippen LogP contribution in [-0.4, -0.2) is 24.6 Å². The van der Waals surface area contributed by atoms with Crippen molar-refractivity contribution in [2.45, 2.75) is 20.8 Å². The van der Waals surface area contributed by atoms with Crippen molar-refractivity contribution in [3.63, 3.8) is 0 Å². The molecule has 0 saturated carbocycles. The summed E-state index contributed by atoms with van der Waals surface area (Å²) in [5.41, 5.74) is 6.22. The number of nitrogens with two attached hydrogens (primary N) is 1. The van der Waals surface area contributed by atoms with Crippen molar-refractivity contribution in [2.75, 3.05) is 24.5 Å². The fourth-order valence-corrected chi connectivity index (χ4v) is 2.02. The Morgan fingerprint density at radius 3 is 2.58 bits per heavy atom. The van der Waals surface area contributed by atoms with Gasteiger partial charge in [-0.1, -0.05) is 25.4 Å². The first-order chi connectivity index (χ1) is 8.80. The van der Waals surface area contributed by atoms with E-state index in [9.17, 15) is 10.1 Å². The van der Waals surface area contributed by atoms with Crippen molar-refractivity contribution in [2.24, 2.45) is 11.1 Å². The van der Waals surface area contributed by atoms with Crippen LogP contribution in [0.2, 0.25) is 5.02 Å². The van der Waals surface area contributed by atoms with E-state index >= 15 is 0 Å². The molecule has 106 valence electrons. The Bertz CT molecular complexity index is 463. The van der Waals surface area contributed by atoms with Crippen LogP contribution >= 0.6 is 11.6 Å². The summed E-state index contributed by atoms with van der Waals surface area (Å²) in [6.07, 6.45) is 0. The smallest absolute Gasteiger partial charge is 0.292 e. The molecule has 2 N–H and O–H groups in total. The first-order valence-corrected chi connectivity index (χ1v) is 6.57. The normalized spacial score (nSPS) is 11.4. The summed E-state index contributed by atoms with van der Waals surface area (Å²) in [4.78, 5) is 12.7. The van der Waals surface area contributed by atoms with Gasteiger partial charge in [0.05, 0.1) is 4.92 Å². The first-order valence-electron chi connectivity index (χ1n) is 6.19. The summed E-state index contributed by atoms with van der Waals surface area (Å²) in [5, 5.41) is 11.6. The average molecular weight is 286 g/mol. The van der Waals surface area contributed by atoms with Crippen LogP contribution in [0.15, 0.2) is 18.2 Å². The Morgan fingerprint density at radius 1 is 1.47 bits per heavy atom. The lowest BCUT2D eigenvalue weighted by Crippen LogP contribution is -2.39. The standard InChI is InChI=1S/C13H20ClN3O2/c1-4-16(9-13(2,3)8-15)12-7-10(14)5-6-11(12)17(18)19/h5-7H,4,8-9,15H2,1-3H3. The van der Waals surface area contributed by atoms with Gasteiger partial charge in [-0.25, -0.2) is 0 Å². The summed E-state index contributed by atoms with van der Waals surface area (Å²) in [7, 11) is 0. The average Bonchev–Trinajstić information content (AvgIpc) is 2.35. The van der Waals surface area contributed by atoms with Crippen molar-refractivity contribution < 1.29 is 4.92 Å². The number of anilines is 1. The molecule has 0 radical (unpaired) electrons. The van der Waals surface area contributed by atoms with E-state index in [0.717, 1.165) is 0 Å². The van der Waals surface area contributed by atoms with Gasteiger partial charge in [-0.3, -0.25) is 10.1 Å². The molecule has 0 aliphatic carbocycles. The highest BCUT2D eigenvalue weighted by atomic mass is 35.5. The van der Waals surface area contributed by atoms with E-state index in [4.69, 9.17) is 17.3 Å². The molecule has 1 aromatic rings. The van der Waals surface area contributed by atoms with E-state index in [1.165, 1.54) is 12.1 Å². The number of nitro groups is 1. The largest absolute Gasteiger partial charge is 0.366 e. The van der Waals surface area contributed by atoms with Gasteiger partial charge < -0.3 is 10.6 Å².